The van der Waals surface area contributed by atoms with Crippen molar-refractivity contribution < 1.29 is 18.0 Å². The van der Waals surface area contributed by atoms with Crippen molar-refractivity contribution in [2.75, 3.05) is 17.1 Å². The van der Waals surface area contributed by atoms with E-state index in [1.54, 1.807) is 24.3 Å². The molecule has 0 aliphatic rings. The highest BCUT2D eigenvalue weighted by Crippen LogP contribution is 2.36. The first-order chi connectivity index (χ1) is 19.3. The highest BCUT2D eigenvalue weighted by molar-refractivity contribution is 7.92. The van der Waals surface area contributed by atoms with Gasteiger partial charge in [-0.05, 0) is 42.7 Å². The average Bonchev–Trinajstić information content (AvgIpc) is 2.92. The largest absolute Gasteiger partial charge is 0.352 e. The molecule has 12 heteroatoms. The van der Waals surface area contributed by atoms with Gasteiger partial charge in [0.15, 0.2) is 0 Å². The van der Waals surface area contributed by atoms with Gasteiger partial charge >= 0.3 is 0 Å². The van der Waals surface area contributed by atoms with Gasteiger partial charge in [0.2, 0.25) is 21.8 Å². The molecule has 0 aromatic heterocycles. The number of hydrogen-bond donors (Lipinski definition) is 1. The van der Waals surface area contributed by atoms with Crippen molar-refractivity contribution in [2.24, 2.45) is 0 Å². The maximum absolute atomic E-state index is 14.1. The van der Waals surface area contributed by atoms with Gasteiger partial charge in [-0.15, -0.1) is 0 Å². The Morgan fingerprint density at radius 1 is 0.878 bits per heavy atom. The molecule has 0 bridgehead atoms. The lowest BCUT2D eigenvalue weighted by Crippen LogP contribution is -2.54. The fraction of sp³-hybridized carbons (Fsp3) is 0.310. The highest BCUT2D eigenvalue weighted by atomic mass is 35.5. The number of amides is 2. The summed E-state index contributed by atoms with van der Waals surface area (Å²) in [6.45, 7) is 3.11. The van der Waals surface area contributed by atoms with E-state index >= 15 is 0 Å². The third kappa shape index (κ3) is 9.00. The predicted molar refractivity (Wildman–Crippen MR) is 167 cm³/mol. The first kappa shape index (κ1) is 33.0. The quantitative estimate of drug-likeness (QED) is 0.222. The lowest BCUT2D eigenvalue weighted by molar-refractivity contribution is -0.140. The van der Waals surface area contributed by atoms with Gasteiger partial charge in [0.1, 0.15) is 12.6 Å². The van der Waals surface area contributed by atoms with Gasteiger partial charge in [-0.1, -0.05) is 102 Å². The molecule has 0 fully saturated rings. The summed E-state index contributed by atoms with van der Waals surface area (Å²) >= 11 is 25.0. The van der Waals surface area contributed by atoms with Crippen molar-refractivity contribution in [1.29, 1.82) is 0 Å². The maximum Gasteiger partial charge on any atom is 0.244 e. The summed E-state index contributed by atoms with van der Waals surface area (Å²) in [7, 11) is -4.03. The molecular weight excluding hydrogens is 628 g/mol. The Labute approximate surface area is 261 Å². The molecule has 0 unspecified atom stereocenters. The Morgan fingerprint density at radius 3 is 2.10 bits per heavy atom. The number of nitrogens with one attached hydrogen (secondary N) is 1. The SMILES string of the molecule is CC[C@@H](C)NC(=O)[C@H](Cc1ccccc1)N(Cc1ccccc1Cl)C(=O)CN(c1cc(Cl)c(Cl)cc1Cl)S(C)(=O)=O. The Kier molecular flexibility index (Phi) is 11.8. The zero-order chi connectivity index (χ0) is 30.3. The Balaban J connectivity index is 2.11. The zero-order valence-electron chi connectivity index (χ0n) is 22.8. The van der Waals surface area contributed by atoms with Crippen LogP contribution in [0.4, 0.5) is 5.69 Å². The number of carbonyl (C=O) groups is 2. The summed E-state index contributed by atoms with van der Waals surface area (Å²) in [6.07, 6.45) is 1.82. The molecule has 220 valence electrons. The molecule has 7 nitrogen and oxygen atoms in total. The van der Waals surface area contributed by atoms with Crippen molar-refractivity contribution >= 4 is 73.9 Å². The second kappa shape index (κ2) is 14.6. The summed E-state index contributed by atoms with van der Waals surface area (Å²) in [5.41, 5.74) is 1.40. The van der Waals surface area contributed by atoms with Crippen LogP contribution in [0.15, 0.2) is 66.7 Å². The predicted octanol–water partition coefficient (Wildman–Crippen LogP) is 6.62. The van der Waals surface area contributed by atoms with E-state index in [9.17, 15) is 18.0 Å². The molecule has 2 atom stereocenters. The third-order valence-electron chi connectivity index (χ3n) is 6.51. The molecule has 1 N–H and O–H groups in total. The minimum absolute atomic E-state index is 0.00868. The number of rotatable bonds is 12. The van der Waals surface area contributed by atoms with Crippen LogP contribution in [0.2, 0.25) is 20.1 Å². The van der Waals surface area contributed by atoms with E-state index in [2.05, 4.69) is 5.32 Å². The number of carbonyl (C=O) groups excluding carboxylic acids is 2. The van der Waals surface area contributed by atoms with Crippen molar-refractivity contribution in [1.82, 2.24) is 10.2 Å². The molecule has 3 aromatic rings. The summed E-state index contributed by atoms with van der Waals surface area (Å²) in [4.78, 5) is 29.2. The molecule has 0 aliphatic carbocycles. The van der Waals surface area contributed by atoms with E-state index < -0.39 is 28.5 Å². The van der Waals surface area contributed by atoms with Crippen LogP contribution in [0.5, 0.6) is 0 Å². The van der Waals surface area contributed by atoms with E-state index in [1.165, 1.54) is 17.0 Å². The smallest absolute Gasteiger partial charge is 0.244 e. The topological polar surface area (TPSA) is 86.8 Å². The van der Waals surface area contributed by atoms with E-state index in [4.69, 9.17) is 46.4 Å². The Morgan fingerprint density at radius 2 is 1.49 bits per heavy atom. The summed E-state index contributed by atoms with van der Waals surface area (Å²) < 4.78 is 26.8. The Bertz CT molecular complexity index is 1490. The van der Waals surface area contributed by atoms with Crippen LogP contribution in [0.1, 0.15) is 31.4 Å². The van der Waals surface area contributed by atoms with E-state index in [1.807, 2.05) is 44.2 Å². The minimum atomic E-state index is -4.03. The fourth-order valence-electron chi connectivity index (χ4n) is 4.10. The average molecular weight is 659 g/mol. The number of halogens is 4. The fourth-order valence-corrected chi connectivity index (χ4v) is 5.85. The lowest BCUT2D eigenvalue weighted by Gasteiger charge is -2.34. The highest BCUT2D eigenvalue weighted by Gasteiger charge is 2.34. The summed E-state index contributed by atoms with van der Waals surface area (Å²) in [5, 5.41) is 3.56. The maximum atomic E-state index is 14.1. The first-order valence-corrected chi connectivity index (χ1v) is 16.2. The number of hydrogen-bond acceptors (Lipinski definition) is 4. The van der Waals surface area contributed by atoms with Gasteiger partial charge in [0.05, 0.1) is 27.0 Å². The molecule has 2 amide bonds. The third-order valence-corrected chi connectivity index (χ3v) is 9.03. The molecule has 0 saturated carbocycles. The molecule has 0 aliphatic heterocycles. The normalized spacial score (nSPS) is 12.9. The van der Waals surface area contributed by atoms with Crippen molar-refractivity contribution in [3.05, 3.63) is 97.9 Å². The van der Waals surface area contributed by atoms with Crippen LogP contribution in [0, 0.1) is 0 Å². The monoisotopic (exact) mass is 657 g/mol. The van der Waals surface area contributed by atoms with Crippen LogP contribution in [-0.2, 0) is 32.6 Å². The van der Waals surface area contributed by atoms with E-state index in [0.717, 1.165) is 16.1 Å². The van der Waals surface area contributed by atoms with E-state index in [-0.39, 0.29) is 45.7 Å². The molecule has 0 saturated heterocycles. The van der Waals surface area contributed by atoms with Crippen LogP contribution in [0.3, 0.4) is 0 Å². The van der Waals surface area contributed by atoms with Crippen LogP contribution in [-0.4, -0.2) is 50.0 Å². The van der Waals surface area contributed by atoms with Crippen molar-refractivity contribution in [3.63, 3.8) is 0 Å². The van der Waals surface area contributed by atoms with Crippen molar-refractivity contribution in [3.8, 4) is 0 Å². The summed E-state index contributed by atoms with van der Waals surface area (Å²) in [5.74, 6) is -1.01. The van der Waals surface area contributed by atoms with Crippen LogP contribution < -0.4 is 9.62 Å². The first-order valence-electron chi connectivity index (χ1n) is 12.8. The van der Waals surface area contributed by atoms with Gasteiger partial charge in [0, 0.05) is 24.0 Å². The number of anilines is 1. The van der Waals surface area contributed by atoms with Gasteiger partial charge in [-0.3, -0.25) is 13.9 Å². The zero-order valence-corrected chi connectivity index (χ0v) is 26.6. The molecule has 0 spiro atoms. The second-order valence-corrected chi connectivity index (χ2v) is 13.2. The lowest BCUT2D eigenvalue weighted by atomic mass is 10.0. The number of nitrogens with zero attached hydrogens (tertiary/aromatic N) is 2. The second-order valence-electron chi connectivity index (χ2n) is 9.62. The van der Waals surface area contributed by atoms with Gasteiger partial charge < -0.3 is 10.2 Å². The van der Waals surface area contributed by atoms with Crippen molar-refractivity contribution in [2.45, 2.75) is 45.3 Å². The van der Waals surface area contributed by atoms with E-state index in [0.29, 0.717) is 17.0 Å². The molecule has 3 aromatic carbocycles. The molecule has 3 rings (SSSR count). The molecule has 0 radical (unpaired) electrons. The van der Waals surface area contributed by atoms with Gasteiger partial charge in [-0.2, -0.15) is 0 Å². The van der Waals surface area contributed by atoms with Crippen LogP contribution in [0.25, 0.3) is 0 Å². The number of benzene rings is 3. The van der Waals surface area contributed by atoms with Crippen LogP contribution >= 0.6 is 46.4 Å². The summed E-state index contributed by atoms with van der Waals surface area (Å²) in [6, 6.07) is 17.7. The number of sulfonamides is 1. The molecule has 0 heterocycles. The van der Waals surface area contributed by atoms with Gasteiger partial charge in [0.25, 0.3) is 0 Å². The minimum Gasteiger partial charge on any atom is -0.352 e. The molecule has 41 heavy (non-hydrogen) atoms. The molecular formula is C29H31Cl4N3O4S. The standard InChI is InChI=1S/C29H31Cl4N3O4S/c1-4-19(2)34-29(38)27(14-20-10-6-5-7-11-20)35(17-21-12-8-9-13-22(21)30)28(37)18-36(41(3,39)40)26-16-24(32)23(31)15-25(26)33/h5-13,15-16,19,27H,4,14,17-18H2,1-3H3,(H,34,38)/t19-,27+/m1/s1. The van der Waals surface area contributed by atoms with Gasteiger partial charge in [-0.25, -0.2) is 8.42 Å². The Hall–Kier alpha value is -2.49.